The van der Waals surface area contributed by atoms with Crippen LogP contribution in [0.1, 0.15) is 36.7 Å². The van der Waals surface area contributed by atoms with Crippen molar-refractivity contribution in [2.75, 3.05) is 6.54 Å². The molecule has 1 saturated carbocycles. The smallest absolute Gasteiger partial charge is 0.215 e. The summed E-state index contributed by atoms with van der Waals surface area (Å²) >= 11 is 0. The first kappa shape index (κ1) is 15.5. The van der Waals surface area contributed by atoms with Crippen LogP contribution >= 0.6 is 0 Å². The Hall–Kier alpha value is -0.920. The maximum Gasteiger partial charge on any atom is 0.215 e. The molecular formula is C13H24N4O2S. The molecule has 1 aliphatic rings. The van der Waals surface area contributed by atoms with Gasteiger partial charge in [-0.05, 0) is 33.6 Å². The Kier molecular flexibility index (Phi) is 4.51. The maximum atomic E-state index is 12.2. The minimum Gasteiger partial charge on any atom is -0.313 e. The highest BCUT2D eigenvalue weighted by Gasteiger charge is 2.26. The quantitative estimate of drug-likeness (QED) is 0.773. The zero-order valence-corrected chi connectivity index (χ0v) is 13.4. The summed E-state index contributed by atoms with van der Waals surface area (Å²) < 4.78 is 28.8. The van der Waals surface area contributed by atoms with Crippen molar-refractivity contribution in [2.45, 2.75) is 51.4 Å². The number of hydrogen-bond donors (Lipinski definition) is 2. The van der Waals surface area contributed by atoms with Crippen LogP contribution in [0.5, 0.6) is 0 Å². The number of nitrogens with one attached hydrogen (secondary N) is 2. The molecule has 0 saturated heterocycles. The fourth-order valence-electron chi connectivity index (χ4n) is 2.12. The first-order valence-corrected chi connectivity index (χ1v) is 8.57. The molecule has 0 amide bonds. The van der Waals surface area contributed by atoms with E-state index in [9.17, 15) is 8.42 Å². The van der Waals surface area contributed by atoms with Crippen LogP contribution in [0.3, 0.4) is 0 Å². The van der Waals surface area contributed by atoms with Gasteiger partial charge < -0.3 is 5.32 Å². The van der Waals surface area contributed by atoms with Gasteiger partial charge in [-0.25, -0.2) is 13.1 Å². The predicted molar refractivity (Wildman–Crippen MR) is 78.9 cm³/mol. The van der Waals surface area contributed by atoms with Crippen molar-refractivity contribution in [3.8, 4) is 0 Å². The zero-order valence-electron chi connectivity index (χ0n) is 12.6. The van der Waals surface area contributed by atoms with E-state index in [2.05, 4.69) is 15.1 Å². The van der Waals surface area contributed by atoms with Gasteiger partial charge in [0, 0.05) is 37.4 Å². The van der Waals surface area contributed by atoms with E-state index in [0.717, 1.165) is 29.8 Å². The highest BCUT2D eigenvalue weighted by atomic mass is 32.2. The molecule has 1 fully saturated rings. The van der Waals surface area contributed by atoms with Crippen molar-refractivity contribution in [2.24, 2.45) is 7.05 Å². The number of hydrogen-bond acceptors (Lipinski definition) is 4. The molecule has 6 nitrogen and oxygen atoms in total. The van der Waals surface area contributed by atoms with E-state index in [0.29, 0.717) is 19.1 Å². The summed E-state index contributed by atoms with van der Waals surface area (Å²) in [4.78, 5) is 0. The van der Waals surface area contributed by atoms with Gasteiger partial charge in [-0.2, -0.15) is 5.10 Å². The summed E-state index contributed by atoms with van der Waals surface area (Å²) in [5.74, 6) is 0. The lowest BCUT2D eigenvalue weighted by Crippen LogP contribution is -2.39. The third-order valence-electron chi connectivity index (χ3n) is 3.91. The van der Waals surface area contributed by atoms with E-state index in [-0.39, 0.29) is 0 Å². The van der Waals surface area contributed by atoms with Gasteiger partial charge in [-0.15, -0.1) is 0 Å². The van der Waals surface area contributed by atoms with Gasteiger partial charge in [0.05, 0.1) is 10.9 Å². The van der Waals surface area contributed by atoms with Crippen LogP contribution in [-0.4, -0.2) is 36.0 Å². The van der Waals surface area contributed by atoms with Crippen molar-refractivity contribution in [1.29, 1.82) is 0 Å². The van der Waals surface area contributed by atoms with Gasteiger partial charge in [0.2, 0.25) is 10.0 Å². The van der Waals surface area contributed by atoms with Crippen molar-refractivity contribution >= 4 is 10.0 Å². The van der Waals surface area contributed by atoms with Gasteiger partial charge in [0.25, 0.3) is 0 Å². The summed E-state index contributed by atoms with van der Waals surface area (Å²) in [6.45, 7) is 6.39. The second-order valence-corrected chi connectivity index (χ2v) is 7.82. The van der Waals surface area contributed by atoms with E-state index < -0.39 is 15.3 Å². The van der Waals surface area contributed by atoms with Gasteiger partial charge in [0.15, 0.2) is 0 Å². The van der Waals surface area contributed by atoms with Gasteiger partial charge in [-0.1, -0.05) is 0 Å². The molecule has 0 spiro atoms. The lowest BCUT2D eigenvalue weighted by atomic mass is 10.2. The highest BCUT2D eigenvalue weighted by molar-refractivity contribution is 7.90. The molecule has 2 N–H and O–H groups in total. The van der Waals surface area contributed by atoms with Crippen molar-refractivity contribution in [3.63, 3.8) is 0 Å². The van der Waals surface area contributed by atoms with E-state index in [1.165, 1.54) is 0 Å². The lowest BCUT2D eigenvalue weighted by Gasteiger charge is -2.14. The monoisotopic (exact) mass is 300 g/mol. The summed E-state index contributed by atoms with van der Waals surface area (Å²) in [5.41, 5.74) is 2.82. The van der Waals surface area contributed by atoms with E-state index in [4.69, 9.17) is 0 Å². The lowest BCUT2D eigenvalue weighted by molar-refractivity contribution is 0.556. The highest BCUT2D eigenvalue weighted by Crippen LogP contribution is 2.19. The summed E-state index contributed by atoms with van der Waals surface area (Å²) in [6, 6.07) is 0.524. The Morgan fingerprint density at radius 1 is 1.40 bits per heavy atom. The van der Waals surface area contributed by atoms with Crippen LogP contribution in [0.15, 0.2) is 0 Å². The number of aryl methyl sites for hydroxylation is 2. The molecule has 0 aromatic carbocycles. The number of nitrogens with zero attached hydrogens (tertiary/aromatic N) is 2. The first-order valence-electron chi connectivity index (χ1n) is 7.02. The molecule has 1 aromatic heterocycles. The molecule has 7 heteroatoms. The molecule has 20 heavy (non-hydrogen) atoms. The van der Waals surface area contributed by atoms with Crippen molar-refractivity contribution < 1.29 is 8.42 Å². The molecule has 0 bridgehead atoms. The molecule has 2 rings (SSSR count). The number of sulfonamides is 1. The summed E-state index contributed by atoms with van der Waals surface area (Å²) in [7, 11) is -1.44. The molecule has 0 radical (unpaired) electrons. The SMILES string of the molecule is Cc1nn(C)c(C)c1CNS(=O)(=O)C(C)CNC1CC1. The van der Waals surface area contributed by atoms with Crippen molar-refractivity contribution in [3.05, 3.63) is 17.0 Å². The Balaban J connectivity index is 1.93. The van der Waals surface area contributed by atoms with Crippen LogP contribution in [-0.2, 0) is 23.6 Å². The topological polar surface area (TPSA) is 76.0 Å². The largest absolute Gasteiger partial charge is 0.313 e. The second-order valence-electron chi connectivity index (χ2n) is 5.63. The normalized spacial score (nSPS) is 17.4. The second kappa shape index (κ2) is 5.83. The Morgan fingerprint density at radius 3 is 2.55 bits per heavy atom. The van der Waals surface area contributed by atoms with Crippen LogP contribution in [0, 0.1) is 13.8 Å². The Morgan fingerprint density at radius 2 is 2.05 bits per heavy atom. The van der Waals surface area contributed by atoms with Crippen LogP contribution < -0.4 is 10.0 Å². The standard InChI is InChI=1S/C13H24N4O2S/c1-9(7-14-12-5-6-12)20(18,19)15-8-13-10(2)16-17(4)11(13)3/h9,12,14-15H,5-8H2,1-4H3. The first-order chi connectivity index (χ1) is 9.31. The zero-order chi connectivity index (χ0) is 14.9. The minimum atomic E-state index is -3.30. The number of rotatable bonds is 7. The molecule has 1 heterocycles. The van der Waals surface area contributed by atoms with Gasteiger partial charge in [0.1, 0.15) is 0 Å². The van der Waals surface area contributed by atoms with Gasteiger partial charge in [-0.3, -0.25) is 4.68 Å². The van der Waals surface area contributed by atoms with E-state index >= 15 is 0 Å². The Bertz CT molecular complexity index is 575. The summed E-state index contributed by atoms with van der Waals surface area (Å²) in [5, 5.41) is 7.12. The molecule has 1 aliphatic carbocycles. The van der Waals surface area contributed by atoms with Crippen LogP contribution in [0.4, 0.5) is 0 Å². The molecular weight excluding hydrogens is 276 g/mol. The Labute approximate surface area is 121 Å². The average Bonchev–Trinajstić information content (AvgIpc) is 3.15. The van der Waals surface area contributed by atoms with E-state index in [1.807, 2.05) is 20.9 Å². The van der Waals surface area contributed by atoms with Crippen LogP contribution in [0.2, 0.25) is 0 Å². The maximum absolute atomic E-state index is 12.2. The average molecular weight is 300 g/mol. The molecule has 1 unspecified atom stereocenters. The summed E-state index contributed by atoms with van der Waals surface area (Å²) in [6.07, 6.45) is 2.32. The van der Waals surface area contributed by atoms with E-state index in [1.54, 1.807) is 11.6 Å². The fourth-order valence-corrected chi connectivity index (χ4v) is 3.06. The molecule has 114 valence electrons. The number of aromatic nitrogens is 2. The predicted octanol–water partition coefficient (Wildman–Crippen LogP) is 0.597. The minimum absolute atomic E-state index is 0.307. The molecule has 1 atom stereocenters. The third kappa shape index (κ3) is 3.59. The molecule has 0 aliphatic heterocycles. The van der Waals surface area contributed by atoms with Crippen molar-refractivity contribution in [1.82, 2.24) is 19.8 Å². The van der Waals surface area contributed by atoms with Gasteiger partial charge >= 0.3 is 0 Å². The molecule has 1 aromatic rings. The third-order valence-corrected chi connectivity index (χ3v) is 5.68. The van der Waals surface area contributed by atoms with Crippen LogP contribution in [0.25, 0.3) is 0 Å². The fraction of sp³-hybridized carbons (Fsp3) is 0.769.